The van der Waals surface area contributed by atoms with Crippen molar-refractivity contribution in [3.63, 3.8) is 0 Å². The summed E-state index contributed by atoms with van der Waals surface area (Å²) in [7, 11) is 0. The fourth-order valence-electron chi connectivity index (χ4n) is 4.56. The molecule has 0 spiro atoms. The number of aryl methyl sites for hydroxylation is 1. The van der Waals surface area contributed by atoms with Gasteiger partial charge in [0.25, 0.3) is 0 Å². The van der Waals surface area contributed by atoms with E-state index in [1.165, 1.54) is 11.1 Å². The van der Waals surface area contributed by atoms with Crippen molar-refractivity contribution in [2.75, 3.05) is 0 Å². The number of rotatable bonds is 7. The van der Waals surface area contributed by atoms with Gasteiger partial charge in [-0.1, -0.05) is 66.7 Å². The molecule has 0 bridgehead atoms. The Balaban J connectivity index is 0.00000323. The van der Waals surface area contributed by atoms with Gasteiger partial charge in [0.2, 0.25) is 5.88 Å². The van der Waals surface area contributed by atoms with Gasteiger partial charge in [0, 0.05) is 40.8 Å². The van der Waals surface area contributed by atoms with Crippen LogP contribution in [-0.2, 0) is 21.1 Å². The van der Waals surface area contributed by atoms with Gasteiger partial charge in [-0.05, 0) is 42.3 Å². The van der Waals surface area contributed by atoms with Gasteiger partial charge in [0.05, 0.1) is 5.69 Å². The second-order valence-corrected chi connectivity index (χ2v) is 9.05. The summed E-state index contributed by atoms with van der Waals surface area (Å²) >= 11 is 0. The van der Waals surface area contributed by atoms with Crippen LogP contribution >= 0.6 is 0 Å². The van der Waals surface area contributed by atoms with E-state index in [-0.39, 0.29) is 21.1 Å². The summed E-state index contributed by atoms with van der Waals surface area (Å²) in [6, 6.07) is 42.2. The van der Waals surface area contributed by atoms with Crippen molar-refractivity contribution >= 4 is 0 Å². The van der Waals surface area contributed by atoms with Crippen LogP contribution in [0.4, 0.5) is 0 Å². The van der Waals surface area contributed by atoms with Crippen LogP contribution in [0.15, 0.2) is 115 Å². The van der Waals surface area contributed by atoms with Crippen LogP contribution in [0.2, 0.25) is 0 Å². The third-order valence-corrected chi connectivity index (χ3v) is 6.37. The third-order valence-electron chi connectivity index (χ3n) is 6.37. The summed E-state index contributed by atoms with van der Waals surface area (Å²) in [5, 5.41) is 4.84. The van der Waals surface area contributed by atoms with E-state index >= 15 is 0 Å². The molecule has 198 valence electrons. The molecule has 40 heavy (non-hydrogen) atoms. The van der Waals surface area contributed by atoms with Crippen LogP contribution in [-0.4, -0.2) is 14.8 Å². The zero-order valence-corrected chi connectivity index (χ0v) is 24.2. The first-order valence-corrected chi connectivity index (χ1v) is 12.7. The van der Waals surface area contributed by atoms with E-state index in [0.717, 1.165) is 28.2 Å². The molecule has 0 fully saturated rings. The molecule has 2 aromatic heterocycles. The summed E-state index contributed by atoms with van der Waals surface area (Å²) in [6.45, 7) is 4.11. The largest absolute Gasteiger partial charge is 2.00 e. The SMILES string of the molecule is Cc1nn(-c2[c-]c(Oc3[c-]c(Oc4ccccn4)ccc3)ccc2)c(C)c1-c1ccc(-c2ccccc2)cc1.[Pt+2]. The van der Waals surface area contributed by atoms with E-state index in [0.29, 0.717) is 23.1 Å². The van der Waals surface area contributed by atoms with Gasteiger partial charge in [-0.25, -0.2) is 4.98 Å². The van der Waals surface area contributed by atoms with E-state index in [1.54, 1.807) is 12.3 Å². The Morgan fingerprint density at radius 3 is 1.95 bits per heavy atom. The van der Waals surface area contributed by atoms with Crippen LogP contribution in [0, 0.1) is 26.0 Å². The Labute approximate surface area is 248 Å². The second kappa shape index (κ2) is 12.1. The second-order valence-electron chi connectivity index (χ2n) is 9.05. The van der Waals surface area contributed by atoms with Crippen LogP contribution in [0.1, 0.15) is 11.4 Å². The van der Waals surface area contributed by atoms with E-state index in [2.05, 4.69) is 72.6 Å². The maximum atomic E-state index is 6.08. The summed E-state index contributed by atoms with van der Waals surface area (Å²) < 4.78 is 13.8. The van der Waals surface area contributed by atoms with E-state index in [4.69, 9.17) is 14.6 Å². The standard InChI is InChI=1S/C34H25N3O2.Pt/c1-24-34(28-19-17-27(18-20-28)26-10-4-3-5-11-26)25(2)37(36-24)29-12-8-13-30(22-29)38-31-14-9-15-32(23-31)39-33-16-6-7-21-35-33;/h3-21H,1-2H3;/q-2;+2. The molecule has 0 atom stereocenters. The fourth-order valence-corrected chi connectivity index (χ4v) is 4.56. The van der Waals surface area contributed by atoms with Crippen LogP contribution < -0.4 is 9.47 Å². The van der Waals surface area contributed by atoms with Gasteiger partial charge in [-0.2, -0.15) is 17.2 Å². The topological polar surface area (TPSA) is 49.2 Å². The number of ether oxygens (including phenoxy) is 2. The van der Waals surface area contributed by atoms with E-state index in [1.807, 2.05) is 66.2 Å². The molecule has 0 amide bonds. The molecule has 0 aliphatic rings. The molecule has 0 radical (unpaired) electrons. The minimum atomic E-state index is 0. The summed E-state index contributed by atoms with van der Waals surface area (Å²) in [5.41, 5.74) is 7.40. The fraction of sp³-hybridized carbons (Fsp3) is 0.0588. The number of benzene rings is 4. The molecule has 2 heterocycles. The average molecular weight is 703 g/mol. The van der Waals surface area contributed by atoms with Crippen molar-refractivity contribution in [3.05, 3.63) is 139 Å². The number of aromatic nitrogens is 3. The molecule has 0 N–H and O–H groups in total. The van der Waals surface area contributed by atoms with Gasteiger partial charge in [-0.15, -0.1) is 30.3 Å². The predicted molar refractivity (Wildman–Crippen MR) is 152 cm³/mol. The zero-order chi connectivity index (χ0) is 26.6. The van der Waals surface area contributed by atoms with E-state index in [9.17, 15) is 0 Å². The predicted octanol–water partition coefficient (Wildman–Crippen LogP) is 8.40. The van der Waals surface area contributed by atoms with E-state index < -0.39 is 0 Å². The summed E-state index contributed by atoms with van der Waals surface area (Å²) in [4.78, 5) is 4.19. The smallest absolute Gasteiger partial charge is 0.509 e. The van der Waals surface area contributed by atoms with Crippen LogP contribution in [0.3, 0.4) is 0 Å². The molecule has 0 aliphatic heterocycles. The Morgan fingerprint density at radius 2 is 1.23 bits per heavy atom. The Morgan fingerprint density at radius 1 is 0.600 bits per heavy atom. The first-order chi connectivity index (χ1) is 19.1. The maximum Gasteiger partial charge on any atom is 2.00 e. The van der Waals surface area contributed by atoms with Gasteiger partial charge >= 0.3 is 21.1 Å². The van der Waals surface area contributed by atoms with Crippen molar-refractivity contribution in [3.8, 4) is 51.1 Å². The molecule has 6 rings (SSSR count). The number of nitrogens with zero attached hydrogens (tertiary/aromatic N) is 3. The van der Waals surface area contributed by atoms with Crippen LogP contribution in [0.25, 0.3) is 27.9 Å². The zero-order valence-electron chi connectivity index (χ0n) is 21.9. The molecule has 6 heteroatoms. The Hall–Kier alpha value is -4.47. The van der Waals surface area contributed by atoms with Gasteiger partial charge in [0.1, 0.15) is 0 Å². The minimum Gasteiger partial charge on any atom is -0.509 e. The van der Waals surface area contributed by atoms with Crippen molar-refractivity contribution in [1.29, 1.82) is 0 Å². The number of pyridine rings is 1. The molecular formula is C34H25N3O2Pt. The molecule has 0 unspecified atom stereocenters. The molecule has 5 nitrogen and oxygen atoms in total. The molecule has 6 aromatic rings. The number of hydrogen-bond acceptors (Lipinski definition) is 4. The van der Waals surface area contributed by atoms with Crippen LogP contribution in [0.5, 0.6) is 23.1 Å². The number of hydrogen-bond donors (Lipinski definition) is 0. The molecule has 4 aromatic carbocycles. The summed E-state index contributed by atoms with van der Waals surface area (Å²) in [6.07, 6.45) is 1.68. The Kier molecular flexibility index (Phi) is 8.23. The molecule has 0 aliphatic carbocycles. The summed E-state index contributed by atoms with van der Waals surface area (Å²) in [5.74, 6) is 2.09. The minimum absolute atomic E-state index is 0. The van der Waals surface area contributed by atoms with Gasteiger partial charge < -0.3 is 9.47 Å². The van der Waals surface area contributed by atoms with Crippen molar-refractivity contribution < 1.29 is 30.5 Å². The van der Waals surface area contributed by atoms with Gasteiger partial charge in [-0.3, -0.25) is 4.68 Å². The molecule has 0 saturated carbocycles. The first-order valence-electron chi connectivity index (χ1n) is 12.7. The van der Waals surface area contributed by atoms with Crippen molar-refractivity contribution in [2.24, 2.45) is 0 Å². The third kappa shape index (κ3) is 5.90. The molecule has 0 saturated heterocycles. The van der Waals surface area contributed by atoms with Gasteiger partial charge in [0.15, 0.2) is 0 Å². The Bertz CT molecular complexity index is 1720. The molecular weight excluding hydrogens is 677 g/mol. The monoisotopic (exact) mass is 702 g/mol. The van der Waals surface area contributed by atoms with Crippen molar-refractivity contribution in [2.45, 2.75) is 13.8 Å². The maximum absolute atomic E-state index is 6.08. The average Bonchev–Trinajstić information content (AvgIpc) is 3.28. The normalized spacial score (nSPS) is 10.6. The van der Waals surface area contributed by atoms with Crippen molar-refractivity contribution in [1.82, 2.24) is 14.8 Å². The first kappa shape index (κ1) is 27.1. The quantitative estimate of drug-likeness (QED) is 0.157.